The van der Waals surface area contributed by atoms with Crippen molar-refractivity contribution in [2.45, 2.75) is 6.42 Å². The predicted molar refractivity (Wildman–Crippen MR) is 53.1 cm³/mol. The van der Waals surface area contributed by atoms with Crippen LogP contribution < -0.4 is 0 Å². The minimum Gasteiger partial charge on any atom is -0.291 e. The van der Waals surface area contributed by atoms with Crippen molar-refractivity contribution in [3.05, 3.63) is 35.6 Å². The number of benzene rings is 1. The lowest BCUT2D eigenvalue weighted by Gasteiger charge is -2.05. The molecular formula is C10H10FOS. The van der Waals surface area contributed by atoms with Gasteiger partial charge in [0.15, 0.2) is 0 Å². The molecule has 1 radical (unpaired) electrons. The van der Waals surface area contributed by atoms with Crippen molar-refractivity contribution in [1.82, 2.24) is 0 Å². The number of rotatable bonds is 4. The fraction of sp³-hybridized carbons (Fsp3) is 0.300. The number of hydrogen-bond acceptors (Lipinski definition) is 2. The summed E-state index contributed by atoms with van der Waals surface area (Å²) < 4.78 is 12.7. The molecule has 1 atom stereocenters. The molecule has 0 N–H and O–H groups in total. The minimum absolute atomic E-state index is 0.245. The molecular weight excluding hydrogens is 187 g/mol. The fourth-order valence-corrected chi connectivity index (χ4v) is 1.30. The summed E-state index contributed by atoms with van der Waals surface area (Å²) in [5, 5.41) is 0. The number of thiol groups is 1. The highest BCUT2D eigenvalue weighted by Crippen LogP contribution is 2.10. The van der Waals surface area contributed by atoms with Crippen LogP contribution >= 0.6 is 12.6 Å². The average Bonchev–Trinajstić information content (AvgIpc) is 2.14. The summed E-state index contributed by atoms with van der Waals surface area (Å²) in [6.07, 6.45) is 2.38. The van der Waals surface area contributed by atoms with Crippen LogP contribution in [0.1, 0.15) is 5.56 Å². The normalized spacial score (nSPS) is 12.5. The van der Waals surface area contributed by atoms with Gasteiger partial charge < -0.3 is 0 Å². The van der Waals surface area contributed by atoms with Crippen molar-refractivity contribution in [3.8, 4) is 0 Å². The van der Waals surface area contributed by atoms with Gasteiger partial charge in [-0.25, -0.2) is 4.39 Å². The van der Waals surface area contributed by atoms with Gasteiger partial charge in [0.2, 0.25) is 6.29 Å². The molecule has 0 heterocycles. The zero-order chi connectivity index (χ0) is 9.68. The van der Waals surface area contributed by atoms with Gasteiger partial charge in [-0.15, -0.1) is 0 Å². The number of halogens is 1. The third kappa shape index (κ3) is 3.19. The van der Waals surface area contributed by atoms with Gasteiger partial charge in [-0.1, -0.05) is 12.1 Å². The molecule has 0 saturated heterocycles. The molecule has 0 aliphatic carbocycles. The van der Waals surface area contributed by atoms with Crippen LogP contribution in [0.25, 0.3) is 0 Å². The second kappa shape index (κ2) is 5.02. The van der Waals surface area contributed by atoms with Gasteiger partial charge >= 0.3 is 0 Å². The van der Waals surface area contributed by atoms with Gasteiger partial charge in [0.25, 0.3) is 0 Å². The highest BCUT2D eigenvalue weighted by molar-refractivity contribution is 7.80. The number of carbonyl (C=O) groups excluding carboxylic acids is 1. The maximum Gasteiger partial charge on any atom is 0.202 e. The van der Waals surface area contributed by atoms with Crippen LogP contribution in [0.5, 0.6) is 0 Å². The Hall–Kier alpha value is -0.830. The molecule has 1 aromatic carbocycles. The molecule has 1 nitrogen and oxygen atoms in total. The minimum atomic E-state index is -0.277. The molecule has 0 spiro atoms. The lowest BCUT2D eigenvalue weighted by atomic mass is 10.0. The zero-order valence-corrected chi connectivity index (χ0v) is 7.93. The quantitative estimate of drug-likeness (QED) is 0.731. The molecule has 1 unspecified atom stereocenters. The SMILES string of the molecule is O=[C]C(CS)Cc1cccc(F)c1. The highest BCUT2D eigenvalue weighted by Gasteiger charge is 2.07. The maximum absolute atomic E-state index is 12.7. The fourth-order valence-electron chi connectivity index (χ4n) is 1.09. The van der Waals surface area contributed by atoms with Crippen LogP contribution in [0.15, 0.2) is 24.3 Å². The van der Waals surface area contributed by atoms with E-state index in [0.717, 1.165) is 5.56 Å². The summed E-state index contributed by atoms with van der Waals surface area (Å²) >= 11 is 4.00. The van der Waals surface area contributed by atoms with Gasteiger partial charge in [-0.2, -0.15) is 12.6 Å². The first-order valence-corrected chi connectivity index (χ1v) is 4.62. The van der Waals surface area contributed by atoms with E-state index in [9.17, 15) is 9.18 Å². The Labute approximate surface area is 82.4 Å². The van der Waals surface area contributed by atoms with E-state index >= 15 is 0 Å². The lowest BCUT2D eigenvalue weighted by molar-refractivity contribution is 0.529. The Balaban J connectivity index is 2.67. The first-order valence-electron chi connectivity index (χ1n) is 3.99. The molecule has 0 aliphatic rings. The summed E-state index contributed by atoms with van der Waals surface area (Å²) in [5.74, 6) is -0.0774. The Morgan fingerprint density at radius 2 is 2.31 bits per heavy atom. The molecule has 0 aromatic heterocycles. The van der Waals surface area contributed by atoms with Crippen molar-refractivity contribution >= 4 is 18.9 Å². The van der Waals surface area contributed by atoms with Crippen molar-refractivity contribution in [2.75, 3.05) is 5.75 Å². The van der Waals surface area contributed by atoms with E-state index in [1.807, 2.05) is 6.29 Å². The molecule has 0 amide bonds. The summed E-state index contributed by atoms with van der Waals surface area (Å²) in [7, 11) is 0. The van der Waals surface area contributed by atoms with Crippen LogP contribution in [0.3, 0.4) is 0 Å². The summed E-state index contributed by atoms with van der Waals surface area (Å²) in [5.41, 5.74) is 0.808. The second-order valence-electron chi connectivity index (χ2n) is 2.83. The molecule has 0 bridgehead atoms. The van der Waals surface area contributed by atoms with Crippen molar-refractivity contribution in [3.63, 3.8) is 0 Å². The average molecular weight is 197 g/mol. The molecule has 0 saturated carbocycles. The van der Waals surface area contributed by atoms with E-state index in [1.54, 1.807) is 12.1 Å². The zero-order valence-electron chi connectivity index (χ0n) is 7.03. The monoisotopic (exact) mass is 197 g/mol. The standard InChI is InChI=1S/C10H10FOS/c11-10-3-1-2-8(5-10)4-9(6-12)7-13/h1-3,5,9,13H,4,7H2. The van der Waals surface area contributed by atoms with Crippen LogP contribution in [-0.4, -0.2) is 12.0 Å². The van der Waals surface area contributed by atoms with E-state index in [2.05, 4.69) is 12.6 Å². The highest BCUT2D eigenvalue weighted by atomic mass is 32.1. The number of hydrogen-bond donors (Lipinski definition) is 1. The third-order valence-corrected chi connectivity index (χ3v) is 2.20. The maximum atomic E-state index is 12.7. The molecule has 1 rings (SSSR count). The molecule has 0 fully saturated rings. The molecule has 69 valence electrons. The van der Waals surface area contributed by atoms with Gasteiger partial charge in [-0.05, 0) is 24.1 Å². The first-order chi connectivity index (χ1) is 6.26. The van der Waals surface area contributed by atoms with Crippen LogP contribution in [0.2, 0.25) is 0 Å². The molecule has 13 heavy (non-hydrogen) atoms. The smallest absolute Gasteiger partial charge is 0.202 e. The van der Waals surface area contributed by atoms with E-state index in [0.29, 0.717) is 12.2 Å². The topological polar surface area (TPSA) is 17.1 Å². The summed E-state index contributed by atoms with van der Waals surface area (Å²) in [6.45, 7) is 0. The Kier molecular flexibility index (Phi) is 3.96. The van der Waals surface area contributed by atoms with E-state index in [4.69, 9.17) is 0 Å². The van der Waals surface area contributed by atoms with Gasteiger partial charge in [0, 0.05) is 11.7 Å². The molecule has 0 aliphatic heterocycles. The summed E-state index contributed by atoms with van der Waals surface area (Å²) in [6, 6.07) is 6.22. The molecule has 3 heteroatoms. The van der Waals surface area contributed by atoms with Gasteiger partial charge in [0.05, 0.1) is 0 Å². The van der Waals surface area contributed by atoms with Crippen molar-refractivity contribution < 1.29 is 9.18 Å². The summed E-state index contributed by atoms with van der Waals surface area (Å²) in [4.78, 5) is 10.4. The van der Waals surface area contributed by atoms with Crippen LogP contribution in [-0.2, 0) is 11.2 Å². The third-order valence-electron chi connectivity index (χ3n) is 1.76. The lowest BCUT2D eigenvalue weighted by Crippen LogP contribution is -2.07. The van der Waals surface area contributed by atoms with E-state index in [-0.39, 0.29) is 11.7 Å². The van der Waals surface area contributed by atoms with Crippen molar-refractivity contribution in [2.24, 2.45) is 5.92 Å². The van der Waals surface area contributed by atoms with Gasteiger partial charge in [0.1, 0.15) is 5.82 Å². The molecule has 1 aromatic rings. The van der Waals surface area contributed by atoms with Crippen LogP contribution in [0, 0.1) is 11.7 Å². The van der Waals surface area contributed by atoms with E-state index < -0.39 is 0 Å². The predicted octanol–water partition coefficient (Wildman–Crippen LogP) is 2.02. The Morgan fingerprint density at radius 1 is 1.54 bits per heavy atom. The van der Waals surface area contributed by atoms with Crippen LogP contribution in [0.4, 0.5) is 4.39 Å². The second-order valence-corrected chi connectivity index (χ2v) is 3.20. The van der Waals surface area contributed by atoms with Gasteiger partial charge in [-0.3, -0.25) is 4.79 Å². The Bertz CT molecular complexity index is 288. The Morgan fingerprint density at radius 3 is 2.85 bits per heavy atom. The largest absolute Gasteiger partial charge is 0.291 e. The first kappa shape index (κ1) is 10.3. The van der Waals surface area contributed by atoms with Crippen molar-refractivity contribution in [1.29, 1.82) is 0 Å². The van der Waals surface area contributed by atoms with E-state index in [1.165, 1.54) is 12.1 Å².